The van der Waals surface area contributed by atoms with Gasteiger partial charge in [0.1, 0.15) is 24.2 Å². The predicted molar refractivity (Wildman–Crippen MR) is 178 cm³/mol. The van der Waals surface area contributed by atoms with Crippen molar-refractivity contribution in [1.82, 2.24) is 10.2 Å². The van der Waals surface area contributed by atoms with Crippen molar-refractivity contribution in [3.8, 4) is 11.5 Å². The highest BCUT2D eigenvalue weighted by Crippen LogP contribution is 2.57. The van der Waals surface area contributed by atoms with Gasteiger partial charge in [-0.25, -0.2) is 9.59 Å². The molecule has 4 N–H and O–H groups in total. The number of hydrogen-bond acceptors (Lipinski definition) is 9. The lowest BCUT2D eigenvalue weighted by atomic mass is 9.62. The first kappa shape index (κ1) is 34.9. The molecule has 0 bridgehead atoms. The Hall–Kier alpha value is -4.42. The average Bonchev–Trinajstić information content (AvgIpc) is 3.99. The Balaban J connectivity index is 1.36. The zero-order chi connectivity index (χ0) is 34.4. The number of aliphatic carboxylic acids is 2. The highest BCUT2D eigenvalue weighted by Gasteiger charge is 2.55. The zero-order valence-electron chi connectivity index (χ0n) is 27.5. The molecule has 1 aliphatic heterocycles. The topological polar surface area (TPSA) is 172 Å². The molecular formula is C36H45N3O9. The van der Waals surface area contributed by atoms with E-state index in [9.17, 15) is 35.0 Å². The van der Waals surface area contributed by atoms with Crippen LogP contribution in [0, 0.1) is 22.0 Å². The van der Waals surface area contributed by atoms with E-state index < -0.39 is 28.4 Å². The molecular weight excluding hydrogens is 618 g/mol. The van der Waals surface area contributed by atoms with E-state index in [0.29, 0.717) is 55.5 Å². The van der Waals surface area contributed by atoms with Gasteiger partial charge in [0.05, 0.1) is 28.1 Å². The summed E-state index contributed by atoms with van der Waals surface area (Å²) in [5.41, 5.74) is -0.951. The number of para-hydroxylation sites is 1. The van der Waals surface area contributed by atoms with Crippen LogP contribution in [0.15, 0.2) is 71.1 Å². The van der Waals surface area contributed by atoms with E-state index in [-0.39, 0.29) is 53.7 Å². The van der Waals surface area contributed by atoms with Crippen LogP contribution >= 0.6 is 0 Å². The van der Waals surface area contributed by atoms with Crippen molar-refractivity contribution in [1.29, 1.82) is 0 Å². The third kappa shape index (κ3) is 7.99. The Morgan fingerprint density at radius 2 is 1.62 bits per heavy atom. The number of aliphatic hydroxyl groups excluding tert-OH is 1. The Morgan fingerprint density at radius 1 is 0.979 bits per heavy atom. The molecule has 2 aliphatic carbocycles. The molecule has 0 saturated heterocycles. The summed E-state index contributed by atoms with van der Waals surface area (Å²) in [5, 5.41) is 47.0. The number of nitro benzene ring substituents is 1. The van der Waals surface area contributed by atoms with Gasteiger partial charge in [-0.05, 0) is 82.5 Å². The number of unbranched alkanes of at least 4 members (excludes halogenated alkanes) is 1. The summed E-state index contributed by atoms with van der Waals surface area (Å²) in [6, 6.07) is 13.3. The summed E-state index contributed by atoms with van der Waals surface area (Å²) >= 11 is 0. The van der Waals surface area contributed by atoms with Crippen LogP contribution in [0.2, 0.25) is 0 Å². The third-order valence-electron chi connectivity index (χ3n) is 9.45. The second-order valence-electron chi connectivity index (χ2n) is 13.1. The molecule has 0 radical (unpaired) electrons. The molecule has 258 valence electrons. The number of allylic oxidation sites excluding steroid dienone is 2. The molecule has 0 amide bonds. The van der Waals surface area contributed by atoms with Crippen LogP contribution < -0.4 is 14.8 Å². The number of rotatable bonds is 19. The molecule has 2 fully saturated rings. The van der Waals surface area contributed by atoms with E-state index in [1.807, 2.05) is 35.2 Å². The second-order valence-corrected chi connectivity index (χ2v) is 13.1. The van der Waals surface area contributed by atoms with Crippen LogP contribution in [0.5, 0.6) is 11.5 Å². The summed E-state index contributed by atoms with van der Waals surface area (Å²) in [7, 11) is 0. The average molecular weight is 664 g/mol. The van der Waals surface area contributed by atoms with Gasteiger partial charge >= 0.3 is 11.9 Å². The minimum Gasteiger partial charge on any atom is -0.493 e. The minimum atomic E-state index is -1.66. The number of hydrogen-bond donors (Lipinski definition) is 4. The molecule has 1 heterocycles. The van der Waals surface area contributed by atoms with Gasteiger partial charge in [-0.15, -0.1) is 0 Å². The summed E-state index contributed by atoms with van der Waals surface area (Å²) in [5.74, 6) is -1.16. The van der Waals surface area contributed by atoms with Crippen LogP contribution in [-0.4, -0.2) is 76.0 Å². The maximum absolute atomic E-state index is 13.2. The second kappa shape index (κ2) is 15.2. The van der Waals surface area contributed by atoms with Gasteiger partial charge in [-0.1, -0.05) is 31.0 Å². The predicted octanol–water partition coefficient (Wildman–Crippen LogP) is 5.26. The summed E-state index contributed by atoms with van der Waals surface area (Å²) < 4.78 is 11.8. The number of nitrogens with zero attached hydrogens (tertiary/aromatic N) is 2. The van der Waals surface area contributed by atoms with Crippen LogP contribution in [-0.2, 0) is 15.0 Å². The van der Waals surface area contributed by atoms with Crippen LogP contribution in [0.25, 0.3) is 0 Å². The molecule has 12 heteroatoms. The molecule has 3 aliphatic rings. The number of aliphatic hydroxyl groups is 1. The molecule has 2 saturated carbocycles. The molecule has 2 aromatic carbocycles. The minimum absolute atomic E-state index is 0.0657. The van der Waals surface area contributed by atoms with Gasteiger partial charge < -0.3 is 35.0 Å². The van der Waals surface area contributed by atoms with E-state index in [0.717, 1.165) is 25.7 Å². The third-order valence-corrected chi connectivity index (χ3v) is 9.45. The first-order chi connectivity index (χ1) is 23.0. The number of carbonyl (C=O) groups is 2. The monoisotopic (exact) mass is 663 g/mol. The van der Waals surface area contributed by atoms with E-state index in [1.165, 1.54) is 18.2 Å². The summed E-state index contributed by atoms with van der Waals surface area (Å²) in [6.07, 6.45) is 4.41. The molecule has 1 atom stereocenters. The molecule has 1 unspecified atom stereocenters. The maximum atomic E-state index is 13.2. The normalized spacial score (nSPS) is 18.1. The van der Waals surface area contributed by atoms with E-state index in [2.05, 4.69) is 5.32 Å². The smallest absolute Gasteiger partial charge is 0.334 e. The molecule has 5 rings (SSSR count). The standard InChI is InChI=1S/C36H45N3O9/c1-23-32(34(41)42)36(19-25-10-11-25,33(35(43)44)24(2)38(23)21-26-12-13-26)30-18-27(39(45)46)14-15-31(30)47-17-7-6-16-37-20-28(40)22-48-29-8-4-3-5-9-29/h3-5,8-9,14-15,18,25-26,28,37,40H,6-7,10-13,16-17,19-22H2,1-2H3,(H,41,42)(H,43,44). The van der Waals surface area contributed by atoms with Crippen molar-refractivity contribution in [2.45, 2.75) is 70.3 Å². The van der Waals surface area contributed by atoms with Crippen LogP contribution in [0.1, 0.15) is 64.4 Å². The maximum Gasteiger partial charge on any atom is 0.334 e. The highest BCUT2D eigenvalue weighted by atomic mass is 16.6. The fraction of sp³-hybridized carbons (Fsp3) is 0.500. The SMILES string of the molecule is CC1=C(C(=O)O)C(CC2CC2)(c2cc([N+](=O)[O-])ccc2OCCCCNCC(O)COc2ccccc2)C(C(=O)O)=C(C)N1CC1CC1. The van der Waals surface area contributed by atoms with Crippen molar-refractivity contribution in [3.63, 3.8) is 0 Å². The van der Waals surface area contributed by atoms with Gasteiger partial charge in [-0.3, -0.25) is 10.1 Å². The number of nitrogens with one attached hydrogen (secondary N) is 1. The lowest BCUT2D eigenvalue weighted by molar-refractivity contribution is -0.385. The van der Waals surface area contributed by atoms with Crippen molar-refractivity contribution in [2.75, 3.05) is 32.8 Å². The van der Waals surface area contributed by atoms with Gasteiger partial charge in [0.15, 0.2) is 0 Å². The lowest BCUT2D eigenvalue weighted by Crippen LogP contribution is -2.46. The van der Waals surface area contributed by atoms with Crippen LogP contribution in [0.4, 0.5) is 5.69 Å². The molecule has 12 nitrogen and oxygen atoms in total. The number of carboxylic acid groups (broad SMARTS) is 2. The zero-order valence-corrected chi connectivity index (χ0v) is 27.5. The van der Waals surface area contributed by atoms with Crippen molar-refractivity contribution in [2.24, 2.45) is 11.8 Å². The largest absolute Gasteiger partial charge is 0.493 e. The highest BCUT2D eigenvalue weighted by molar-refractivity contribution is 6.01. The number of carboxylic acids is 2. The number of nitro groups is 1. The van der Waals surface area contributed by atoms with Crippen molar-refractivity contribution >= 4 is 17.6 Å². The van der Waals surface area contributed by atoms with E-state index in [1.54, 1.807) is 13.8 Å². The lowest BCUT2D eigenvalue weighted by Gasteiger charge is -2.45. The molecule has 48 heavy (non-hydrogen) atoms. The van der Waals surface area contributed by atoms with E-state index in [4.69, 9.17) is 9.47 Å². The molecule has 2 aromatic rings. The number of non-ortho nitro benzene ring substituents is 1. The first-order valence-corrected chi connectivity index (χ1v) is 16.7. The molecule has 0 aromatic heterocycles. The van der Waals surface area contributed by atoms with Gasteiger partial charge in [-0.2, -0.15) is 0 Å². The van der Waals surface area contributed by atoms with Gasteiger partial charge in [0.2, 0.25) is 0 Å². The van der Waals surface area contributed by atoms with E-state index >= 15 is 0 Å². The summed E-state index contributed by atoms with van der Waals surface area (Å²) in [4.78, 5) is 39.7. The van der Waals surface area contributed by atoms with Gasteiger partial charge in [0.25, 0.3) is 5.69 Å². The fourth-order valence-electron chi connectivity index (χ4n) is 6.77. The number of benzene rings is 2. The molecule has 0 spiro atoms. The first-order valence-electron chi connectivity index (χ1n) is 16.7. The fourth-order valence-corrected chi connectivity index (χ4v) is 6.77. The Bertz CT molecular complexity index is 1530. The Labute approximate surface area is 280 Å². The van der Waals surface area contributed by atoms with Gasteiger partial charge in [0, 0.05) is 42.2 Å². The quantitative estimate of drug-likeness (QED) is 0.0877. The number of ether oxygens (including phenoxy) is 2. The Kier molecular flexibility index (Phi) is 11.1. The van der Waals surface area contributed by atoms with Crippen LogP contribution in [0.3, 0.4) is 0 Å². The summed E-state index contributed by atoms with van der Waals surface area (Å²) in [6.45, 7) is 5.26. The van der Waals surface area contributed by atoms with Crippen molar-refractivity contribution < 1.29 is 39.3 Å². The Morgan fingerprint density at radius 3 is 2.21 bits per heavy atom. The van der Waals surface area contributed by atoms with Crippen molar-refractivity contribution in [3.05, 3.63) is 86.7 Å².